The maximum atomic E-state index is 9.39. The maximum absolute atomic E-state index is 9.39. The molecule has 1 atom stereocenters. The zero-order chi connectivity index (χ0) is 17.0. The second-order valence-electron chi connectivity index (χ2n) is 5.05. The Hall–Kier alpha value is -1.80. The molecule has 0 fully saturated rings. The standard InChI is InChI=1S/C10H11NO.C8H14.C2H6/c1-7(12)9-6-11-10-5-3-2-4-8(9)10;1-4-5-6-7-8(2)3;1-2/h2-7,11-12H,1H3;5-7H,4H2,1-3H3;1-2H3/b;6-5-;. The third-order valence-electron chi connectivity index (χ3n) is 2.87. The van der Waals surface area contributed by atoms with Crippen molar-refractivity contribution in [3.05, 3.63) is 59.8 Å². The highest BCUT2D eigenvalue weighted by molar-refractivity contribution is 5.83. The molecule has 0 spiro atoms. The van der Waals surface area contributed by atoms with E-state index in [2.05, 4.69) is 44.0 Å². The predicted molar refractivity (Wildman–Crippen MR) is 99.1 cm³/mol. The van der Waals surface area contributed by atoms with Crippen molar-refractivity contribution in [2.24, 2.45) is 0 Å². The molecule has 2 nitrogen and oxygen atoms in total. The van der Waals surface area contributed by atoms with Crippen LogP contribution in [-0.4, -0.2) is 10.1 Å². The fourth-order valence-corrected chi connectivity index (χ4v) is 1.84. The van der Waals surface area contributed by atoms with Crippen molar-refractivity contribution in [1.82, 2.24) is 4.98 Å². The van der Waals surface area contributed by atoms with E-state index < -0.39 is 6.10 Å². The number of rotatable bonds is 3. The highest BCUT2D eigenvalue weighted by Gasteiger charge is 2.06. The lowest BCUT2D eigenvalue weighted by atomic mass is 10.1. The SMILES string of the molecule is CC.CC(O)c1c[nH]c2ccccc12.CC/C=C\C=C(C)C. The smallest absolute Gasteiger partial charge is 0.0782 e. The number of H-pyrrole nitrogens is 1. The van der Waals surface area contributed by atoms with Crippen LogP contribution in [-0.2, 0) is 0 Å². The average Bonchev–Trinajstić information content (AvgIpc) is 2.94. The zero-order valence-electron chi connectivity index (χ0n) is 14.9. The molecule has 1 unspecified atom stereocenters. The lowest BCUT2D eigenvalue weighted by Crippen LogP contribution is -1.87. The van der Waals surface area contributed by atoms with Crippen molar-refractivity contribution in [2.45, 2.75) is 54.1 Å². The van der Waals surface area contributed by atoms with Crippen molar-refractivity contribution in [2.75, 3.05) is 0 Å². The van der Waals surface area contributed by atoms with Gasteiger partial charge >= 0.3 is 0 Å². The minimum absolute atomic E-state index is 0.402. The number of benzene rings is 1. The molecule has 2 rings (SSSR count). The van der Waals surface area contributed by atoms with Crippen LogP contribution in [0.5, 0.6) is 0 Å². The molecule has 2 heteroatoms. The Balaban J connectivity index is 0.000000388. The largest absolute Gasteiger partial charge is 0.389 e. The normalized spacial score (nSPS) is 11.2. The summed E-state index contributed by atoms with van der Waals surface area (Å²) in [7, 11) is 0. The van der Waals surface area contributed by atoms with E-state index >= 15 is 0 Å². The molecule has 0 aliphatic rings. The summed E-state index contributed by atoms with van der Waals surface area (Å²) in [6.45, 7) is 12.1. The number of fused-ring (bicyclic) bond motifs is 1. The minimum atomic E-state index is -0.402. The highest BCUT2D eigenvalue weighted by Crippen LogP contribution is 2.22. The van der Waals surface area contributed by atoms with Crippen molar-refractivity contribution in [3.8, 4) is 0 Å². The highest BCUT2D eigenvalue weighted by atomic mass is 16.3. The van der Waals surface area contributed by atoms with Gasteiger partial charge in [0.15, 0.2) is 0 Å². The molecule has 122 valence electrons. The van der Waals surface area contributed by atoms with E-state index in [4.69, 9.17) is 0 Å². The lowest BCUT2D eigenvalue weighted by Gasteiger charge is -2.00. The molecule has 22 heavy (non-hydrogen) atoms. The van der Waals surface area contributed by atoms with Gasteiger partial charge in [0, 0.05) is 22.7 Å². The number of aromatic nitrogens is 1. The van der Waals surface area contributed by atoms with Crippen LogP contribution >= 0.6 is 0 Å². The van der Waals surface area contributed by atoms with Crippen LogP contribution in [0, 0.1) is 0 Å². The number of aliphatic hydroxyl groups excluding tert-OH is 1. The summed E-state index contributed by atoms with van der Waals surface area (Å²) in [5.74, 6) is 0. The molecular weight excluding hydrogens is 270 g/mol. The number of para-hydroxylation sites is 1. The minimum Gasteiger partial charge on any atom is -0.389 e. The topological polar surface area (TPSA) is 36.0 Å². The van der Waals surface area contributed by atoms with Crippen LogP contribution in [0.2, 0.25) is 0 Å². The van der Waals surface area contributed by atoms with E-state index in [0.717, 1.165) is 22.9 Å². The van der Waals surface area contributed by atoms with E-state index in [-0.39, 0.29) is 0 Å². The van der Waals surface area contributed by atoms with Gasteiger partial charge in [-0.15, -0.1) is 0 Å². The number of hydrogen-bond donors (Lipinski definition) is 2. The van der Waals surface area contributed by atoms with Crippen molar-refractivity contribution < 1.29 is 5.11 Å². The molecule has 1 aromatic heterocycles. The van der Waals surface area contributed by atoms with Gasteiger partial charge in [0.25, 0.3) is 0 Å². The van der Waals surface area contributed by atoms with E-state index in [1.165, 1.54) is 5.57 Å². The Kier molecular flexibility index (Phi) is 10.8. The molecule has 0 saturated carbocycles. The summed E-state index contributed by atoms with van der Waals surface area (Å²) in [5, 5.41) is 10.5. The summed E-state index contributed by atoms with van der Waals surface area (Å²) in [6, 6.07) is 7.96. The molecule has 0 aliphatic carbocycles. The van der Waals surface area contributed by atoms with Crippen LogP contribution in [0.3, 0.4) is 0 Å². The van der Waals surface area contributed by atoms with Gasteiger partial charge in [-0.2, -0.15) is 0 Å². The molecule has 1 heterocycles. The van der Waals surface area contributed by atoms with Crippen molar-refractivity contribution in [1.29, 1.82) is 0 Å². The summed E-state index contributed by atoms with van der Waals surface area (Å²) in [6.07, 6.45) is 8.94. The van der Waals surface area contributed by atoms with Gasteiger partial charge in [-0.25, -0.2) is 0 Å². The Labute approximate surface area is 135 Å². The first-order valence-electron chi connectivity index (χ1n) is 8.10. The van der Waals surface area contributed by atoms with Gasteiger partial charge in [0.2, 0.25) is 0 Å². The first-order chi connectivity index (χ1) is 10.6. The lowest BCUT2D eigenvalue weighted by molar-refractivity contribution is 0.201. The third kappa shape index (κ3) is 7.28. The van der Waals surface area contributed by atoms with E-state index in [1.54, 1.807) is 6.92 Å². The van der Waals surface area contributed by atoms with Crippen LogP contribution in [0.4, 0.5) is 0 Å². The Bertz CT molecular complexity index is 572. The van der Waals surface area contributed by atoms with Crippen molar-refractivity contribution >= 4 is 10.9 Å². The number of hydrogen-bond acceptors (Lipinski definition) is 1. The van der Waals surface area contributed by atoms with Gasteiger partial charge < -0.3 is 10.1 Å². The molecule has 1 aromatic carbocycles. The third-order valence-corrected chi connectivity index (χ3v) is 2.87. The molecule has 0 aliphatic heterocycles. The molecule has 0 bridgehead atoms. The summed E-state index contributed by atoms with van der Waals surface area (Å²) in [5.41, 5.74) is 3.40. The molecule has 2 N–H and O–H groups in total. The average molecular weight is 301 g/mol. The van der Waals surface area contributed by atoms with Gasteiger partial charge in [0.05, 0.1) is 6.10 Å². The second-order valence-corrected chi connectivity index (χ2v) is 5.05. The Morgan fingerprint density at radius 1 is 1.23 bits per heavy atom. The predicted octanol–water partition coefficient (Wildman–Crippen LogP) is 6.17. The van der Waals surface area contributed by atoms with E-state index in [1.807, 2.05) is 44.3 Å². The molecule has 0 saturated heterocycles. The number of aromatic amines is 1. The van der Waals surface area contributed by atoms with E-state index in [0.29, 0.717) is 0 Å². The van der Waals surface area contributed by atoms with E-state index in [9.17, 15) is 5.11 Å². The fourth-order valence-electron chi connectivity index (χ4n) is 1.84. The molecule has 0 radical (unpaired) electrons. The van der Waals surface area contributed by atoms with Crippen molar-refractivity contribution in [3.63, 3.8) is 0 Å². The van der Waals surface area contributed by atoms with Gasteiger partial charge in [0.1, 0.15) is 0 Å². The number of aliphatic hydroxyl groups is 1. The Morgan fingerprint density at radius 2 is 1.86 bits per heavy atom. The van der Waals surface area contributed by atoms with Gasteiger partial charge in [-0.3, -0.25) is 0 Å². The number of allylic oxidation sites excluding steroid dienone is 4. The van der Waals surface area contributed by atoms with Crippen LogP contribution in [0.25, 0.3) is 10.9 Å². The van der Waals surface area contributed by atoms with Crippen LogP contribution < -0.4 is 0 Å². The molecule has 0 amide bonds. The first-order valence-corrected chi connectivity index (χ1v) is 8.10. The summed E-state index contributed by atoms with van der Waals surface area (Å²) in [4.78, 5) is 3.11. The first kappa shape index (κ1) is 20.2. The summed E-state index contributed by atoms with van der Waals surface area (Å²) < 4.78 is 0. The summed E-state index contributed by atoms with van der Waals surface area (Å²) >= 11 is 0. The monoisotopic (exact) mass is 301 g/mol. The fraction of sp³-hybridized carbons (Fsp3) is 0.400. The second kappa shape index (κ2) is 11.8. The molecular formula is C20H31NO. The van der Waals surface area contributed by atoms with Gasteiger partial charge in [-0.1, -0.05) is 62.8 Å². The molecule has 2 aromatic rings. The van der Waals surface area contributed by atoms with Gasteiger partial charge in [-0.05, 0) is 33.3 Å². The maximum Gasteiger partial charge on any atom is 0.0782 e. The quantitative estimate of drug-likeness (QED) is 0.654. The number of nitrogens with one attached hydrogen (secondary N) is 1. The zero-order valence-corrected chi connectivity index (χ0v) is 14.9. The Morgan fingerprint density at radius 3 is 2.41 bits per heavy atom. The van der Waals surface area contributed by atoms with Crippen LogP contribution in [0.1, 0.15) is 59.6 Å². The van der Waals surface area contributed by atoms with Crippen LogP contribution in [0.15, 0.2) is 54.3 Å².